The molecule has 1 aromatic heterocycles. The molecule has 1 saturated heterocycles. The van der Waals surface area contributed by atoms with E-state index in [1.807, 2.05) is 12.4 Å². The van der Waals surface area contributed by atoms with Crippen molar-refractivity contribution in [3.8, 4) is 0 Å². The van der Waals surface area contributed by atoms with Gasteiger partial charge in [-0.05, 0) is 70.1 Å². The minimum atomic E-state index is 0.428. The molecule has 0 aliphatic carbocycles. The van der Waals surface area contributed by atoms with Crippen LogP contribution in [0, 0.1) is 5.92 Å². The summed E-state index contributed by atoms with van der Waals surface area (Å²) in [5.41, 5.74) is 1.33. The number of piperidine rings is 1. The van der Waals surface area contributed by atoms with Crippen LogP contribution in [0.2, 0.25) is 0 Å². The van der Waals surface area contributed by atoms with Gasteiger partial charge in [0.15, 0.2) is 0 Å². The zero-order valence-electron chi connectivity index (χ0n) is 10.9. The Labute approximate surface area is 104 Å². The Morgan fingerprint density at radius 2 is 2.00 bits per heavy atom. The molecular weight excluding hydrogens is 210 g/mol. The molecule has 94 valence electrons. The van der Waals surface area contributed by atoms with Crippen LogP contribution in [-0.2, 0) is 0 Å². The van der Waals surface area contributed by atoms with E-state index >= 15 is 0 Å². The summed E-state index contributed by atoms with van der Waals surface area (Å²) in [6.45, 7) is 5.85. The summed E-state index contributed by atoms with van der Waals surface area (Å²) >= 11 is 0. The van der Waals surface area contributed by atoms with Crippen molar-refractivity contribution in [2.75, 3.05) is 26.7 Å². The van der Waals surface area contributed by atoms with Crippen LogP contribution in [0.15, 0.2) is 24.5 Å². The second-order valence-electron chi connectivity index (χ2n) is 5.16. The second-order valence-corrected chi connectivity index (χ2v) is 5.16. The number of nitrogens with one attached hydrogen (secondary N) is 1. The average Bonchev–Trinajstić information content (AvgIpc) is 2.39. The fraction of sp³-hybridized carbons (Fsp3) is 0.643. The summed E-state index contributed by atoms with van der Waals surface area (Å²) in [7, 11) is 2.21. The minimum absolute atomic E-state index is 0.428. The number of rotatable bonds is 4. The van der Waals surface area contributed by atoms with Crippen LogP contribution in [0.25, 0.3) is 0 Å². The number of nitrogens with zero attached hydrogens (tertiary/aromatic N) is 2. The smallest absolute Gasteiger partial charge is 0.0293 e. The SMILES string of the molecule is CC(NCC1CCN(C)CC1)c1ccncc1. The highest BCUT2D eigenvalue weighted by atomic mass is 15.1. The first-order valence-corrected chi connectivity index (χ1v) is 6.57. The molecule has 17 heavy (non-hydrogen) atoms. The van der Waals surface area contributed by atoms with Crippen molar-refractivity contribution in [3.63, 3.8) is 0 Å². The highest BCUT2D eigenvalue weighted by Crippen LogP contribution is 2.17. The Morgan fingerprint density at radius 3 is 2.65 bits per heavy atom. The maximum atomic E-state index is 4.05. The Balaban J connectivity index is 1.75. The van der Waals surface area contributed by atoms with Crippen LogP contribution in [0.3, 0.4) is 0 Å². The summed E-state index contributed by atoms with van der Waals surface area (Å²) < 4.78 is 0. The predicted molar refractivity (Wildman–Crippen MR) is 70.9 cm³/mol. The third-order valence-corrected chi connectivity index (χ3v) is 3.76. The Bertz CT molecular complexity index is 317. The maximum absolute atomic E-state index is 4.05. The van der Waals surface area contributed by atoms with Crippen molar-refractivity contribution >= 4 is 0 Å². The number of aromatic nitrogens is 1. The topological polar surface area (TPSA) is 28.2 Å². The van der Waals surface area contributed by atoms with Gasteiger partial charge in [0.25, 0.3) is 0 Å². The zero-order valence-corrected chi connectivity index (χ0v) is 10.9. The van der Waals surface area contributed by atoms with Crippen molar-refractivity contribution in [2.24, 2.45) is 5.92 Å². The molecule has 3 nitrogen and oxygen atoms in total. The molecule has 1 atom stereocenters. The van der Waals surface area contributed by atoms with Crippen molar-refractivity contribution < 1.29 is 0 Å². The van der Waals surface area contributed by atoms with Crippen LogP contribution >= 0.6 is 0 Å². The molecule has 1 N–H and O–H groups in total. The maximum Gasteiger partial charge on any atom is 0.0293 e. The molecule has 1 aliphatic rings. The summed E-state index contributed by atoms with van der Waals surface area (Å²) in [4.78, 5) is 6.47. The van der Waals surface area contributed by atoms with Gasteiger partial charge in [-0.25, -0.2) is 0 Å². The molecule has 1 aromatic rings. The summed E-state index contributed by atoms with van der Waals surface area (Å²) in [5.74, 6) is 0.843. The van der Waals surface area contributed by atoms with Gasteiger partial charge in [-0.1, -0.05) is 0 Å². The van der Waals surface area contributed by atoms with Crippen LogP contribution in [0.1, 0.15) is 31.4 Å². The molecule has 1 aliphatic heterocycles. The van der Waals surface area contributed by atoms with Gasteiger partial charge < -0.3 is 10.2 Å². The first-order valence-electron chi connectivity index (χ1n) is 6.57. The van der Waals surface area contributed by atoms with Gasteiger partial charge in [0.05, 0.1) is 0 Å². The van der Waals surface area contributed by atoms with E-state index in [-0.39, 0.29) is 0 Å². The van der Waals surface area contributed by atoms with Gasteiger partial charge in [0.1, 0.15) is 0 Å². The lowest BCUT2D eigenvalue weighted by Crippen LogP contribution is -2.35. The summed E-state index contributed by atoms with van der Waals surface area (Å²) in [6.07, 6.45) is 6.38. The van der Waals surface area contributed by atoms with E-state index in [2.05, 4.69) is 41.3 Å². The summed E-state index contributed by atoms with van der Waals surface area (Å²) in [6, 6.07) is 4.61. The molecule has 0 saturated carbocycles. The number of hydrogen-bond acceptors (Lipinski definition) is 3. The molecular formula is C14H23N3. The fourth-order valence-corrected chi connectivity index (χ4v) is 2.38. The summed E-state index contributed by atoms with van der Waals surface area (Å²) in [5, 5.41) is 3.64. The molecule has 1 fully saturated rings. The Kier molecular flexibility index (Phi) is 4.51. The van der Waals surface area contributed by atoms with E-state index in [1.54, 1.807) is 0 Å². The largest absolute Gasteiger partial charge is 0.310 e. The third kappa shape index (κ3) is 3.79. The third-order valence-electron chi connectivity index (χ3n) is 3.76. The molecule has 0 amide bonds. The quantitative estimate of drug-likeness (QED) is 0.863. The highest BCUT2D eigenvalue weighted by Gasteiger charge is 2.17. The van der Waals surface area contributed by atoms with E-state index in [4.69, 9.17) is 0 Å². The minimum Gasteiger partial charge on any atom is -0.310 e. The average molecular weight is 233 g/mol. The number of likely N-dealkylation sites (tertiary alicyclic amines) is 1. The van der Waals surface area contributed by atoms with E-state index in [1.165, 1.54) is 31.5 Å². The Hall–Kier alpha value is -0.930. The van der Waals surface area contributed by atoms with Crippen LogP contribution in [-0.4, -0.2) is 36.6 Å². The van der Waals surface area contributed by atoms with E-state index in [9.17, 15) is 0 Å². The van der Waals surface area contributed by atoms with Gasteiger partial charge in [0.2, 0.25) is 0 Å². The lowest BCUT2D eigenvalue weighted by atomic mass is 9.96. The van der Waals surface area contributed by atoms with E-state index in [0.29, 0.717) is 6.04 Å². The van der Waals surface area contributed by atoms with Crippen LogP contribution in [0.4, 0.5) is 0 Å². The van der Waals surface area contributed by atoms with Crippen molar-refractivity contribution in [2.45, 2.75) is 25.8 Å². The van der Waals surface area contributed by atoms with Gasteiger partial charge in [-0.15, -0.1) is 0 Å². The van der Waals surface area contributed by atoms with Gasteiger partial charge >= 0.3 is 0 Å². The lowest BCUT2D eigenvalue weighted by Gasteiger charge is -2.30. The number of pyridine rings is 1. The fourth-order valence-electron chi connectivity index (χ4n) is 2.38. The molecule has 2 heterocycles. The highest BCUT2D eigenvalue weighted by molar-refractivity contribution is 5.13. The first-order chi connectivity index (χ1) is 8.25. The predicted octanol–water partition coefficient (Wildman–Crippen LogP) is 2.07. The molecule has 2 rings (SSSR count). The molecule has 0 bridgehead atoms. The standard InChI is InChI=1S/C14H23N3/c1-12(14-3-7-15-8-4-14)16-11-13-5-9-17(2)10-6-13/h3-4,7-8,12-13,16H,5-6,9-11H2,1-2H3. The lowest BCUT2D eigenvalue weighted by molar-refractivity contribution is 0.213. The zero-order chi connectivity index (χ0) is 12.1. The van der Waals surface area contributed by atoms with Crippen molar-refractivity contribution in [1.82, 2.24) is 15.2 Å². The molecule has 0 aromatic carbocycles. The first kappa shape index (κ1) is 12.5. The van der Waals surface area contributed by atoms with Crippen molar-refractivity contribution in [1.29, 1.82) is 0 Å². The number of hydrogen-bond donors (Lipinski definition) is 1. The molecule has 3 heteroatoms. The van der Waals surface area contributed by atoms with Gasteiger partial charge in [-0.2, -0.15) is 0 Å². The van der Waals surface area contributed by atoms with Gasteiger partial charge in [-0.3, -0.25) is 4.98 Å². The normalized spacial score (nSPS) is 20.4. The van der Waals surface area contributed by atoms with Crippen LogP contribution < -0.4 is 5.32 Å². The Morgan fingerprint density at radius 1 is 1.35 bits per heavy atom. The second kappa shape index (κ2) is 6.12. The van der Waals surface area contributed by atoms with Gasteiger partial charge in [0, 0.05) is 18.4 Å². The molecule has 0 spiro atoms. The van der Waals surface area contributed by atoms with E-state index in [0.717, 1.165) is 12.5 Å². The molecule has 0 radical (unpaired) electrons. The van der Waals surface area contributed by atoms with Crippen LogP contribution in [0.5, 0.6) is 0 Å². The molecule has 1 unspecified atom stereocenters. The monoisotopic (exact) mass is 233 g/mol. The van der Waals surface area contributed by atoms with Crippen molar-refractivity contribution in [3.05, 3.63) is 30.1 Å². The van der Waals surface area contributed by atoms with E-state index < -0.39 is 0 Å².